The summed E-state index contributed by atoms with van der Waals surface area (Å²) in [7, 11) is 0. The smallest absolute Gasteiger partial charge is 0.255 e. The Morgan fingerprint density at radius 1 is 1.40 bits per heavy atom. The molecule has 2 aliphatic rings. The Balaban J connectivity index is 1.76. The van der Waals surface area contributed by atoms with Crippen LogP contribution in [0, 0.1) is 6.92 Å². The highest BCUT2D eigenvalue weighted by molar-refractivity contribution is 5.94. The number of amides is 1. The minimum atomic E-state index is 0.133. The maximum Gasteiger partial charge on any atom is 0.255 e. The number of likely N-dealkylation sites (tertiary alicyclic amines) is 2. The van der Waals surface area contributed by atoms with E-state index < -0.39 is 0 Å². The van der Waals surface area contributed by atoms with Crippen LogP contribution in [0.3, 0.4) is 0 Å². The maximum atomic E-state index is 12.7. The Labute approximate surface area is 120 Å². The minimum Gasteiger partial charge on any atom is -0.334 e. The van der Waals surface area contributed by atoms with Gasteiger partial charge in [-0.05, 0) is 31.4 Å². The quantitative estimate of drug-likeness (QED) is 0.787. The third-order valence-corrected chi connectivity index (χ3v) is 4.44. The van der Waals surface area contributed by atoms with Crippen molar-refractivity contribution in [2.75, 3.05) is 19.6 Å². The molecule has 1 amide bonds. The van der Waals surface area contributed by atoms with Gasteiger partial charge in [0.15, 0.2) is 0 Å². The molecule has 0 saturated carbocycles. The molecule has 2 aliphatic heterocycles. The summed E-state index contributed by atoms with van der Waals surface area (Å²) in [5.41, 5.74) is 1.75. The van der Waals surface area contributed by atoms with Gasteiger partial charge in [0.05, 0.1) is 5.56 Å². The van der Waals surface area contributed by atoms with Crippen LogP contribution in [-0.2, 0) is 0 Å². The lowest BCUT2D eigenvalue weighted by molar-refractivity contribution is 0.0732. The van der Waals surface area contributed by atoms with Crippen molar-refractivity contribution >= 4 is 5.91 Å². The van der Waals surface area contributed by atoms with Crippen molar-refractivity contribution in [1.82, 2.24) is 14.8 Å². The standard InChI is InChI=1S/C16H21N3O/c1-3-6-18-7-4-15-14(18)5-8-19(15)16(20)13-9-12(2)10-17-11-13/h3,9-11,14-15H,1,4-8H2,2H3/t14-,15-/m0/s1. The molecule has 0 N–H and O–H groups in total. The highest BCUT2D eigenvalue weighted by Crippen LogP contribution is 2.32. The number of hydrogen-bond donors (Lipinski definition) is 0. The van der Waals surface area contributed by atoms with Gasteiger partial charge < -0.3 is 4.90 Å². The third-order valence-electron chi connectivity index (χ3n) is 4.44. The van der Waals surface area contributed by atoms with Crippen LogP contribution in [0.15, 0.2) is 31.1 Å². The van der Waals surface area contributed by atoms with Crippen molar-refractivity contribution in [1.29, 1.82) is 0 Å². The minimum absolute atomic E-state index is 0.133. The number of hydrogen-bond acceptors (Lipinski definition) is 3. The van der Waals surface area contributed by atoms with Gasteiger partial charge in [-0.2, -0.15) is 0 Å². The second-order valence-electron chi connectivity index (χ2n) is 5.75. The molecule has 0 spiro atoms. The molecule has 3 heterocycles. The summed E-state index contributed by atoms with van der Waals surface area (Å²) in [6.45, 7) is 8.64. The second kappa shape index (κ2) is 5.37. The number of nitrogens with zero attached hydrogens (tertiary/aromatic N) is 3. The average Bonchev–Trinajstić information content (AvgIpc) is 3.01. The molecule has 1 aromatic rings. The first-order valence-corrected chi connectivity index (χ1v) is 7.28. The topological polar surface area (TPSA) is 36.4 Å². The molecule has 106 valence electrons. The van der Waals surface area contributed by atoms with E-state index in [1.165, 1.54) is 0 Å². The van der Waals surface area contributed by atoms with E-state index in [4.69, 9.17) is 0 Å². The molecule has 0 radical (unpaired) electrons. The summed E-state index contributed by atoms with van der Waals surface area (Å²) in [4.78, 5) is 21.3. The van der Waals surface area contributed by atoms with Gasteiger partial charge in [-0.3, -0.25) is 14.7 Å². The van der Waals surface area contributed by atoms with Gasteiger partial charge >= 0.3 is 0 Å². The SMILES string of the molecule is C=CCN1CC[C@H]2[C@@H]1CCN2C(=O)c1cncc(C)c1. The van der Waals surface area contributed by atoms with Crippen molar-refractivity contribution in [2.45, 2.75) is 31.8 Å². The first kappa shape index (κ1) is 13.3. The first-order chi connectivity index (χ1) is 9.70. The van der Waals surface area contributed by atoms with E-state index in [0.717, 1.165) is 38.0 Å². The molecule has 4 nitrogen and oxygen atoms in total. The number of fused-ring (bicyclic) bond motifs is 1. The number of rotatable bonds is 3. The Morgan fingerprint density at radius 2 is 2.20 bits per heavy atom. The fraction of sp³-hybridized carbons (Fsp3) is 0.500. The molecular formula is C16H21N3O. The summed E-state index contributed by atoms with van der Waals surface area (Å²) >= 11 is 0. The van der Waals surface area contributed by atoms with E-state index in [1.807, 2.05) is 24.0 Å². The molecule has 0 aromatic carbocycles. The molecule has 3 rings (SSSR count). The molecular weight excluding hydrogens is 250 g/mol. The molecule has 0 bridgehead atoms. The van der Waals surface area contributed by atoms with E-state index in [9.17, 15) is 4.79 Å². The monoisotopic (exact) mass is 271 g/mol. The fourth-order valence-electron chi connectivity index (χ4n) is 3.56. The lowest BCUT2D eigenvalue weighted by Crippen LogP contribution is -2.39. The Hall–Kier alpha value is -1.68. The van der Waals surface area contributed by atoms with Crippen molar-refractivity contribution in [3.05, 3.63) is 42.2 Å². The van der Waals surface area contributed by atoms with E-state index in [2.05, 4.69) is 16.5 Å². The molecule has 0 unspecified atom stereocenters. The van der Waals surface area contributed by atoms with Crippen LogP contribution in [-0.4, -0.2) is 52.4 Å². The molecule has 2 saturated heterocycles. The third kappa shape index (κ3) is 2.24. The number of aromatic nitrogens is 1. The van der Waals surface area contributed by atoms with E-state index in [1.54, 1.807) is 12.4 Å². The van der Waals surface area contributed by atoms with Crippen molar-refractivity contribution in [3.63, 3.8) is 0 Å². The lowest BCUT2D eigenvalue weighted by atomic mass is 10.1. The average molecular weight is 271 g/mol. The lowest BCUT2D eigenvalue weighted by Gasteiger charge is -2.25. The van der Waals surface area contributed by atoms with Crippen molar-refractivity contribution < 1.29 is 4.79 Å². The molecule has 1 aromatic heterocycles. The maximum absolute atomic E-state index is 12.7. The van der Waals surface area contributed by atoms with Crippen LogP contribution in [0.2, 0.25) is 0 Å². The highest BCUT2D eigenvalue weighted by atomic mass is 16.2. The second-order valence-corrected chi connectivity index (χ2v) is 5.75. The highest BCUT2D eigenvalue weighted by Gasteiger charge is 2.43. The summed E-state index contributed by atoms with van der Waals surface area (Å²) in [6.07, 6.45) is 7.56. The largest absolute Gasteiger partial charge is 0.334 e. The summed E-state index contributed by atoms with van der Waals surface area (Å²) < 4.78 is 0. The zero-order valence-electron chi connectivity index (χ0n) is 12.0. The van der Waals surface area contributed by atoms with Gasteiger partial charge in [-0.25, -0.2) is 0 Å². The molecule has 2 atom stereocenters. The summed E-state index contributed by atoms with van der Waals surface area (Å²) in [5.74, 6) is 0.133. The van der Waals surface area contributed by atoms with E-state index >= 15 is 0 Å². The van der Waals surface area contributed by atoms with Crippen LogP contribution < -0.4 is 0 Å². The van der Waals surface area contributed by atoms with Gasteiger partial charge in [0.25, 0.3) is 5.91 Å². The Bertz CT molecular complexity index is 528. The van der Waals surface area contributed by atoms with Gasteiger partial charge in [-0.15, -0.1) is 6.58 Å². The number of carbonyl (C=O) groups is 1. The van der Waals surface area contributed by atoms with Gasteiger partial charge in [0.2, 0.25) is 0 Å². The zero-order valence-corrected chi connectivity index (χ0v) is 12.0. The van der Waals surface area contributed by atoms with Crippen LogP contribution >= 0.6 is 0 Å². The Morgan fingerprint density at radius 3 is 2.95 bits per heavy atom. The van der Waals surface area contributed by atoms with E-state index in [-0.39, 0.29) is 5.91 Å². The Kier molecular flexibility index (Phi) is 3.57. The summed E-state index contributed by atoms with van der Waals surface area (Å²) in [6, 6.07) is 2.80. The van der Waals surface area contributed by atoms with Crippen LogP contribution in [0.4, 0.5) is 0 Å². The first-order valence-electron chi connectivity index (χ1n) is 7.28. The van der Waals surface area contributed by atoms with Gasteiger partial charge in [-0.1, -0.05) is 6.08 Å². The molecule has 20 heavy (non-hydrogen) atoms. The number of pyridine rings is 1. The number of aryl methyl sites for hydroxylation is 1. The number of carbonyl (C=O) groups excluding carboxylic acids is 1. The zero-order chi connectivity index (χ0) is 14.1. The van der Waals surface area contributed by atoms with Crippen LogP contribution in [0.5, 0.6) is 0 Å². The predicted molar refractivity (Wildman–Crippen MR) is 78.6 cm³/mol. The molecule has 4 heteroatoms. The molecule has 2 fully saturated rings. The van der Waals surface area contributed by atoms with Crippen molar-refractivity contribution in [3.8, 4) is 0 Å². The van der Waals surface area contributed by atoms with E-state index in [0.29, 0.717) is 17.6 Å². The summed E-state index contributed by atoms with van der Waals surface area (Å²) in [5, 5.41) is 0. The molecule has 0 aliphatic carbocycles. The predicted octanol–water partition coefficient (Wildman–Crippen LogP) is 1.86. The fourth-order valence-corrected chi connectivity index (χ4v) is 3.56. The normalized spacial score (nSPS) is 25.8. The van der Waals surface area contributed by atoms with Crippen LogP contribution in [0.1, 0.15) is 28.8 Å². The van der Waals surface area contributed by atoms with Gasteiger partial charge in [0.1, 0.15) is 0 Å². The van der Waals surface area contributed by atoms with Gasteiger partial charge in [0, 0.05) is 44.1 Å². The van der Waals surface area contributed by atoms with Crippen molar-refractivity contribution in [2.24, 2.45) is 0 Å². The van der Waals surface area contributed by atoms with Crippen LogP contribution in [0.25, 0.3) is 0 Å².